The SMILES string of the molecule is O=C(NCC1CCNCC1)c1cnn(-c2ccccc2)c1. The molecule has 0 radical (unpaired) electrons. The number of hydrogen-bond donors (Lipinski definition) is 2. The second-order valence-electron chi connectivity index (χ2n) is 5.41. The summed E-state index contributed by atoms with van der Waals surface area (Å²) in [6, 6.07) is 9.79. The highest BCUT2D eigenvalue weighted by molar-refractivity contribution is 5.93. The largest absolute Gasteiger partial charge is 0.352 e. The molecule has 5 nitrogen and oxygen atoms in total. The van der Waals surface area contributed by atoms with Gasteiger partial charge >= 0.3 is 0 Å². The average Bonchev–Trinajstić information content (AvgIpc) is 3.04. The molecular weight excluding hydrogens is 264 g/mol. The zero-order chi connectivity index (χ0) is 14.5. The molecule has 1 saturated heterocycles. The molecule has 1 aromatic carbocycles. The summed E-state index contributed by atoms with van der Waals surface area (Å²) in [5, 5.41) is 10.6. The van der Waals surface area contributed by atoms with E-state index in [0.29, 0.717) is 11.5 Å². The van der Waals surface area contributed by atoms with Crippen LogP contribution in [-0.2, 0) is 0 Å². The maximum absolute atomic E-state index is 12.2. The molecule has 110 valence electrons. The van der Waals surface area contributed by atoms with Crippen LogP contribution < -0.4 is 10.6 Å². The van der Waals surface area contributed by atoms with Crippen molar-refractivity contribution in [3.05, 3.63) is 48.3 Å². The topological polar surface area (TPSA) is 59.0 Å². The van der Waals surface area contributed by atoms with E-state index < -0.39 is 0 Å². The first-order valence-corrected chi connectivity index (χ1v) is 7.42. The molecule has 5 heteroatoms. The van der Waals surface area contributed by atoms with Crippen molar-refractivity contribution in [2.75, 3.05) is 19.6 Å². The van der Waals surface area contributed by atoms with E-state index in [-0.39, 0.29) is 5.91 Å². The van der Waals surface area contributed by atoms with Crippen LogP contribution in [0.2, 0.25) is 0 Å². The second-order valence-corrected chi connectivity index (χ2v) is 5.41. The third-order valence-corrected chi connectivity index (χ3v) is 3.88. The van der Waals surface area contributed by atoms with Crippen LogP contribution in [0.25, 0.3) is 5.69 Å². The maximum atomic E-state index is 12.2. The summed E-state index contributed by atoms with van der Waals surface area (Å²) >= 11 is 0. The van der Waals surface area contributed by atoms with Gasteiger partial charge in [-0.3, -0.25) is 4.79 Å². The minimum atomic E-state index is -0.0456. The van der Waals surface area contributed by atoms with Crippen molar-refractivity contribution < 1.29 is 4.79 Å². The van der Waals surface area contributed by atoms with Crippen LogP contribution in [0.15, 0.2) is 42.7 Å². The molecule has 3 rings (SSSR count). The Balaban J connectivity index is 1.59. The number of amides is 1. The maximum Gasteiger partial charge on any atom is 0.254 e. The van der Waals surface area contributed by atoms with E-state index in [1.165, 1.54) is 0 Å². The molecule has 1 aliphatic heterocycles. The summed E-state index contributed by atoms with van der Waals surface area (Å²) in [6.07, 6.45) is 5.64. The molecule has 0 bridgehead atoms. The minimum Gasteiger partial charge on any atom is -0.352 e. The van der Waals surface area contributed by atoms with E-state index in [4.69, 9.17) is 0 Å². The Bertz CT molecular complexity index is 587. The van der Waals surface area contributed by atoms with Crippen molar-refractivity contribution in [1.82, 2.24) is 20.4 Å². The number of aromatic nitrogens is 2. The summed E-state index contributed by atoms with van der Waals surface area (Å²) in [6.45, 7) is 2.84. The van der Waals surface area contributed by atoms with Gasteiger partial charge in [0.05, 0.1) is 17.4 Å². The van der Waals surface area contributed by atoms with Gasteiger partial charge in [-0.05, 0) is 44.0 Å². The lowest BCUT2D eigenvalue weighted by Gasteiger charge is -2.22. The summed E-state index contributed by atoms with van der Waals surface area (Å²) < 4.78 is 1.72. The van der Waals surface area contributed by atoms with Gasteiger partial charge in [0.1, 0.15) is 0 Å². The van der Waals surface area contributed by atoms with Crippen molar-refractivity contribution in [3.63, 3.8) is 0 Å². The summed E-state index contributed by atoms with van der Waals surface area (Å²) in [5.74, 6) is 0.537. The van der Waals surface area contributed by atoms with Gasteiger partial charge in [-0.1, -0.05) is 18.2 Å². The molecule has 2 N–H and O–H groups in total. The lowest BCUT2D eigenvalue weighted by Crippen LogP contribution is -2.35. The first-order valence-electron chi connectivity index (χ1n) is 7.42. The third-order valence-electron chi connectivity index (χ3n) is 3.88. The fraction of sp³-hybridized carbons (Fsp3) is 0.375. The fourth-order valence-electron chi connectivity index (χ4n) is 2.59. The molecule has 1 aliphatic rings. The van der Waals surface area contributed by atoms with Gasteiger partial charge in [0.15, 0.2) is 0 Å². The molecule has 0 atom stereocenters. The molecule has 21 heavy (non-hydrogen) atoms. The highest BCUT2D eigenvalue weighted by Gasteiger charge is 2.15. The van der Waals surface area contributed by atoms with E-state index in [2.05, 4.69) is 15.7 Å². The average molecular weight is 284 g/mol. The van der Waals surface area contributed by atoms with Gasteiger partial charge in [-0.15, -0.1) is 0 Å². The quantitative estimate of drug-likeness (QED) is 0.896. The van der Waals surface area contributed by atoms with E-state index in [9.17, 15) is 4.79 Å². The van der Waals surface area contributed by atoms with Gasteiger partial charge in [-0.2, -0.15) is 5.10 Å². The highest BCUT2D eigenvalue weighted by Crippen LogP contribution is 2.11. The van der Waals surface area contributed by atoms with Crippen LogP contribution in [0.5, 0.6) is 0 Å². The molecule has 2 aromatic rings. The van der Waals surface area contributed by atoms with Gasteiger partial charge in [0.25, 0.3) is 5.91 Å². The summed E-state index contributed by atoms with van der Waals surface area (Å²) in [7, 11) is 0. The lowest BCUT2D eigenvalue weighted by molar-refractivity contribution is 0.0944. The van der Waals surface area contributed by atoms with Crippen molar-refractivity contribution in [1.29, 1.82) is 0 Å². The highest BCUT2D eigenvalue weighted by atomic mass is 16.1. The van der Waals surface area contributed by atoms with Crippen molar-refractivity contribution >= 4 is 5.91 Å². The molecule has 0 saturated carbocycles. The normalized spacial score (nSPS) is 15.8. The summed E-state index contributed by atoms with van der Waals surface area (Å²) in [5.41, 5.74) is 1.56. The minimum absolute atomic E-state index is 0.0456. The van der Waals surface area contributed by atoms with Gasteiger partial charge in [-0.25, -0.2) is 4.68 Å². The fourth-order valence-corrected chi connectivity index (χ4v) is 2.59. The zero-order valence-corrected chi connectivity index (χ0v) is 12.0. The number of hydrogen-bond acceptors (Lipinski definition) is 3. The van der Waals surface area contributed by atoms with E-state index in [1.54, 1.807) is 17.1 Å². The number of nitrogens with zero attached hydrogens (tertiary/aromatic N) is 2. The molecule has 1 aromatic heterocycles. The van der Waals surface area contributed by atoms with Crippen molar-refractivity contribution in [2.45, 2.75) is 12.8 Å². The van der Waals surface area contributed by atoms with Crippen LogP contribution in [0.1, 0.15) is 23.2 Å². The van der Waals surface area contributed by atoms with Gasteiger partial charge in [0, 0.05) is 12.7 Å². The predicted molar refractivity (Wildman–Crippen MR) is 81.5 cm³/mol. The van der Waals surface area contributed by atoms with Crippen LogP contribution >= 0.6 is 0 Å². The summed E-state index contributed by atoms with van der Waals surface area (Å²) in [4.78, 5) is 12.2. The number of piperidine rings is 1. The zero-order valence-electron chi connectivity index (χ0n) is 12.0. The number of rotatable bonds is 4. The Morgan fingerprint density at radius 1 is 1.29 bits per heavy atom. The Labute approximate surface area is 124 Å². The van der Waals surface area contributed by atoms with Gasteiger partial charge < -0.3 is 10.6 Å². The number of carbonyl (C=O) groups is 1. The van der Waals surface area contributed by atoms with Crippen LogP contribution in [0, 0.1) is 5.92 Å². The van der Waals surface area contributed by atoms with Crippen LogP contribution in [0.3, 0.4) is 0 Å². The van der Waals surface area contributed by atoms with E-state index >= 15 is 0 Å². The lowest BCUT2D eigenvalue weighted by atomic mass is 9.98. The number of carbonyl (C=O) groups excluding carboxylic acids is 1. The standard InChI is InChI=1S/C16H20N4O/c21-16(18-10-13-6-8-17-9-7-13)14-11-19-20(12-14)15-4-2-1-3-5-15/h1-5,11-13,17H,6-10H2,(H,18,21). The Hall–Kier alpha value is -2.14. The molecule has 0 unspecified atom stereocenters. The molecule has 0 spiro atoms. The van der Waals surface area contributed by atoms with Crippen LogP contribution in [0.4, 0.5) is 0 Å². The van der Waals surface area contributed by atoms with Crippen molar-refractivity contribution in [2.24, 2.45) is 5.92 Å². The number of benzene rings is 1. The first-order chi connectivity index (χ1) is 10.3. The molecule has 1 fully saturated rings. The number of nitrogens with one attached hydrogen (secondary N) is 2. The van der Waals surface area contributed by atoms with Crippen molar-refractivity contribution in [3.8, 4) is 5.69 Å². The van der Waals surface area contributed by atoms with E-state index in [1.807, 2.05) is 30.3 Å². The third kappa shape index (κ3) is 3.49. The molecule has 0 aliphatic carbocycles. The van der Waals surface area contributed by atoms with Gasteiger partial charge in [0.2, 0.25) is 0 Å². The molecular formula is C16H20N4O. The monoisotopic (exact) mass is 284 g/mol. The Morgan fingerprint density at radius 2 is 2.05 bits per heavy atom. The predicted octanol–water partition coefficient (Wildman–Crippen LogP) is 1.60. The number of para-hydroxylation sites is 1. The van der Waals surface area contributed by atoms with Crippen LogP contribution in [-0.4, -0.2) is 35.3 Å². The second kappa shape index (κ2) is 6.54. The smallest absolute Gasteiger partial charge is 0.254 e. The van der Waals surface area contributed by atoms with E-state index in [0.717, 1.165) is 38.2 Å². The molecule has 2 heterocycles. The molecule has 1 amide bonds. The Kier molecular flexibility index (Phi) is 4.31. The Morgan fingerprint density at radius 3 is 2.81 bits per heavy atom. The first kappa shape index (κ1) is 13.8.